The van der Waals surface area contributed by atoms with Crippen LogP contribution in [-0.4, -0.2) is 15.2 Å². The number of fused-ring (bicyclic) bond motifs is 1. The lowest BCUT2D eigenvalue weighted by atomic mass is 10.3. The number of nitrogen functional groups attached to an aromatic ring is 1. The molecule has 0 saturated carbocycles. The maximum Gasteiger partial charge on any atom is 0.123 e. The van der Waals surface area contributed by atoms with E-state index in [1.165, 1.54) is 0 Å². The first-order valence-corrected chi connectivity index (χ1v) is 4.91. The lowest BCUT2D eigenvalue weighted by Gasteiger charge is -1.82. The standard InChI is InChI=1S/C7H6N2.C5H6N2/c1-2-4-7-6(3-1)5-8-9-7;6-5-3-1-2-4-7-5/h1-5H,(H,8,9);1-4H,(H2,6,7). The number of H-pyrrole nitrogens is 1. The SMILES string of the molecule is Nc1ccccn1.c1ccc2[nH]ncc2c1. The predicted molar refractivity (Wildman–Crippen MR) is 64.7 cm³/mol. The zero-order valence-corrected chi connectivity index (χ0v) is 8.67. The molecule has 0 radical (unpaired) electrons. The third kappa shape index (κ3) is 2.57. The van der Waals surface area contributed by atoms with Crippen molar-refractivity contribution >= 4 is 16.7 Å². The second-order valence-corrected chi connectivity index (χ2v) is 3.21. The Kier molecular flexibility index (Phi) is 3.13. The summed E-state index contributed by atoms with van der Waals surface area (Å²) in [6.45, 7) is 0. The smallest absolute Gasteiger partial charge is 0.123 e. The van der Waals surface area contributed by atoms with Gasteiger partial charge in [-0.15, -0.1) is 0 Å². The van der Waals surface area contributed by atoms with Crippen molar-refractivity contribution in [3.63, 3.8) is 0 Å². The van der Waals surface area contributed by atoms with E-state index in [2.05, 4.69) is 15.2 Å². The van der Waals surface area contributed by atoms with Gasteiger partial charge in [0.1, 0.15) is 5.82 Å². The van der Waals surface area contributed by atoms with Gasteiger partial charge in [0.15, 0.2) is 0 Å². The second kappa shape index (κ2) is 4.93. The number of benzene rings is 1. The average molecular weight is 212 g/mol. The first kappa shape index (κ1) is 10.2. The Morgan fingerprint density at radius 2 is 1.81 bits per heavy atom. The molecule has 3 rings (SSSR count). The van der Waals surface area contributed by atoms with E-state index in [1.807, 2.05) is 42.6 Å². The van der Waals surface area contributed by atoms with Crippen molar-refractivity contribution in [2.24, 2.45) is 0 Å². The van der Waals surface area contributed by atoms with E-state index in [9.17, 15) is 0 Å². The van der Waals surface area contributed by atoms with Crippen LogP contribution in [0.25, 0.3) is 10.9 Å². The molecule has 0 atom stereocenters. The van der Waals surface area contributed by atoms with Crippen LogP contribution in [0.15, 0.2) is 54.9 Å². The number of nitrogens with two attached hydrogens (primary N) is 1. The van der Waals surface area contributed by atoms with Crippen LogP contribution in [-0.2, 0) is 0 Å². The quantitative estimate of drug-likeness (QED) is 0.600. The summed E-state index contributed by atoms with van der Waals surface area (Å²) in [6.07, 6.45) is 3.48. The molecule has 1 aromatic carbocycles. The maximum absolute atomic E-state index is 5.25. The minimum absolute atomic E-state index is 0.572. The number of hydrogen-bond donors (Lipinski definition) is 2. The minimum atomic E-state index is 0.572. The zero-order valence-electron chi connectivity index (χ0n) is 8.67. The lowest BCUT2D eigenvalue weighted by Crippen LogP contribution is -1.85. The van der Waals surface area contributed by atoms with Gasteiger partial charge in [0, 0.05) is 11.6 Å². The molecular weight excluding hydrogens is 200 g/mol. The topological polar surface area (TPSA) is 67.6 Å². The Morgan fingerprint density at radius 3 is 2.44 bits per heavy atom. The maximum atomic E-state index is 5.25. The van der Waals surface area contributed by atoms with E-state index < -0.39 is 0 Å². The number of nitrogens with one attached hydrogen (secondary N) is 1. The molecule has 3 N–H and O–H groups in total. The van der Waals surface area contributed by atoms with Gasteiger partial charge in [-0.25, -0.2) is 4.98 Å². The van der Waals surface area contributed by atoms with Gasteiger partial charge in [-0.1, -0.05) is 24.3 Å². The van der Waals surface area contributed by atoms with Crippen molar-refractivity contribution in [1.29, 1.82) is 0 Å². The van der Waals surface area contributed by atoms with Gasteiger partial charge in [0.2, 0.25) is 0 Å². The molecule has 80 valence electrons. The van der Waals surface area contributed by atoms with E-state index >= 15 is 0 Å². The Hall–Kier alpha value is -2.36. The number of aromatic amines is 1. The number of pyridine rings is 1. The number of hydrogen-bond acceptors (Lipinski definition) is 3. The molecule has 0 amide bonds. The van der Waals surface area contributed by atoms with E-state index in [0.717, 1.165) is 10.9 Å². The molecule has 0 fully saturated rings. The molecule has 0 aliphatic rings. The van der Waals surface area contributed by atoms with Gasteiger partial charge in [0.05, 0.1) is 11.7 Å². The van der Waals surface area contributed by atoms with Crippen LogP contribution in [0.3, 0.4) is 0 Å². The summed E-state index contributed by atoms with van der Waals surface area (Å²) in [7, 11) is 0. The summed E-state index contributed by atoms with van der Waals surface area (Å²) < 4.78 is 0. The monoisotopic (exact) mass is 212 g/mol. The number of anilines is 1. The highest BCUT2D eigenvalue weighted by Gasteiger charge is 1.88. The van der Waals surface area contributed by atoms with Crippen LogP contribution in [0.5, 0.6) is 0 Å². The van der Waals surface area contributed by atoms with E-state index in [-0.39, 0.29) is 0 Å². The van der Waals surface area contributed by atoms with Crippen molar-refractivity contribution in [1.82, 2.24) is 15.2 Å². The van der Waals surface area contributed by atoms with Crippen molar-refractivity contribution < 1.29 is 0 Å². The Morgan fingerprint density at radius 1 is 1.00 bits per heavy atom. The first-order valence-electron chi connectivity index (χ1n) is 4.91. The molecule has 0 aliphatic carbocycles. The van der Waals surface area contributed by atoms with Gasteiger partial charge in [-0.3, -0.25) is 5.10 Å². The van der Waals surface area contributed by atoms with Gasteiger partial charge in [0.25, 0.3) is 0 Å². The van der Waals surface area contributed by atoms with Crippen LogP contribution in [0.4, 0.5) is 5.82 Å². The second-order valence-electron chi connectivity index (χ2n) is 3.21. The lowest BCUT2D eigenvalue weighted by molar-refractivity contribution is 1.12. The number of aromatic nitrogens is 3. The van der Waals surface area contributed by atoms with Crippen LogP contribution in [0.2, 0.25) is 0 Å². The average Bonchev–Trinajstić information content (AvgIpc) is 2.79. The fourth-order valence-electron chi connectivity index (χ4n) is 1.26. The summed E-state index contributed by atoms with van der Waals surface area (Å²) in [4.78, 5) is 3.76. The molecule has 3 aromatic rings. The highest BCUT2D eigenvalue weighted by atomic mass is 15.1. The van der Waals surface area contributed by atoms with E-state index in [0.29, 0.717) is 5.82 Å². The van der Waals surface area contributed by atoms with Gasteiger partial charge in [-0.2, -0.15) is 5.10 Å². The Labute approximate surface area is 93.1 Å². The molecular formula is C12H12N4. The van der Waals surface area contributed by atoms with Crippen LogP contribution < -0.4 is 5.73 Å². The third-order valence-corrected chi connectivity index (χ3v) is 2.04. The molecule has 4 heteroatoms. The van der Waals surface area contributed by atoms with Gasteiger partial charge in [-0.05, 0) is 18.2 Å². The number of rotatable bonds is 0. The predicted octanol–water partition coefficient (Wildman–Crippen LogP) is 2.23. The fraction of sp³-hybridized carbons (Fsp3) is 0. The highest BCUT2D eigenvalue weighted by Crippen LogP contribution is 2.06. The molecule has 2 aromatic heterocycles. The normalized spacial score (nSPS) is 9.50. The van der Waals surface area contributed by atoms with Crippen molar-refractivity contribution in [2.75, 3.05) is 5.73 Å². The summed E-state index contributed by atoms with van der Waals surface area (Å²) in [6, 6.07) is 13.4. The van der Waals surface area contributed by atoms with Crippen molar-refractivity contribution in [2.45, 2.75) is 0 Å². The Bertz CT molecular complexity index is 515. The summed E-state index contributed by atoms with van der Waals surface area (Å²) >= 11 is 0. The largest absolute Gasteiger partial charge is 0.384 e. The molecule has 16 heavy (non-hydrogen) atoms. The van der Waals surface area contributed by atoms with E-state index in [4.69, 9.17) is 5.73 Å². The van der Waals surface area contributed by atoms with Gasteiger partial charge < -0.3 is 5.73 Å². The fourth-order valence-corrected chi connectivity index (χ4v) is 1.26. The van der Waals surface area contributed by atoms with Gasteiger partial charge >= 0.3 is 0 Å². The van der Waals surface area contributed by atoms with Crippen LogP contribution >= 0.6 is 0 Å². The molecule has 0 unspecified atom stereocenters. The van der Waals surface area contributed by atoms with Crippen LogP contribution in [0, 0.1) is 0 Å². The molecule has 0 spiro atoms. The van der Waals surface area contributed by atoms with E-state index in [1.54, 1.807) is 12.3 Å². The highest BCUT2D eigenvalue weighted by molar-refractivity contribution is 5.77. The first-order chi connectivity index (χ1) is 7.86. The summed E-state index contributed by atoms with van der Waals surface area (Å²) in [5, 5.41) is 7.91. The third-order valence-electron chi connectivity index (χ3n) is 2.04. The minimum Gasteiger partial charge on any atom is -0.384 e. The Balaban J connectivity index is 0.000000125. The molecule has 0 bridgehead atoms. The van der Waals surface area contributed by atoms with Crippen LogP contribution in [0.1, 0.15) is 0 Å². The molecule has 0 aliphatic heterocycles. The van der Waals surface area contributed by atoms with Crippen molar-refractivity contribution in [3.05, 3.63) is 54.9 Å². The number of nitrogens with zero attached hydrogens (tertiary/aromatic N) is 2. The summed E-state index contributed by atoms with van der Waals surface area (Å²) in [5.74, 6) is 0.572. The summed E-state index contributed by atoms with van der Waals surface area (Å²) in [5.41, 5.74) is 6.34. The molecule has 2 heterocycles. The molecule has 4 nitrogen and oxygen atoms in total. The molecule has 0 saturated heterocycles. The number of para-hydroxylation sites is 1. The zero-order chi connectivity index (χ0) is 11.2. The van der Waals surface area contributed by atoms with Crippen molar-refractivity contribution in [3.8, 4) is 0 Å².